The summed E-state index contributed by atoms with van der Waals surface area (Å²) in [4.78, 5) is 58.8. The summed E-state index contributed by atoms with van der Waals surface area (Å²) in [5.74, 6) is 14.0. The van der Waals surface area contributed by atoms with Crippen molar-refractivity contribution in [2.45, 2.75) is 103 Å². The Morgan fingerprint density at radius 2 is 1.21 bits per heavy atom. The molecule has 2 saturated heterocycles. The minimum atomic E-state index is -0.708. The largest absolute Gasteiger partial charge is 0.453 e. The fourth-order valence-electron chi connectivity index (χ4n) is 7.10. The molecule has 2 fully saturated rings. The van der Waals surface area contributed by atoms with Crippen LogP contribution in [0.25, 0.3) is 0 Å². The topological polar surface area (TPSA) is 158 Å². The third-order valence-electron chi connectivity index (χ3n) is 10.0. The number of imidazole rings is 2. The molecular weight excluding hydrogens is 672 g/mol. The van der Waals surface area contributed by atoms with E-state index in [9.17, 15) is 14.4 Å². The molecule has 3 amide bonds. The number of likely N-dealkylation sites (tertiary alicyclic amines) is 2. The Balaban J connectivity index is 1.22. The number of rotatable bonds is 10. The molecule has 6 atom stereocenters. The number of H-pyrrole nitrogens is 2. The van der Waals surface area contributed by atoms with Crippen molar-refractivity contribution in [1.82, 2.24) is 40.4 Å². The van der Waals surface area contributed by atoms with Crippen LogP contribution in [0.5, 0.6) is 0 Å². The fourth-order valence-corrected chi connectivity index (χ4v) is 7.10. The van der Waals surface area contributed by atoms with Gasteiger partial charge in [0.1, 0.15) is 29.1 Å². The molecule has 0 spiro atoms. The second kappa shape index (κ2) is 17.6. The quantitative estimate of drug-likeness (QED) is 0.174. The number of hydrogen-bond acceptors (Lipinski definition) is 8. The Labute approximate surface area is 312 Å². The Bertz CT molecular complexity index is 1860. The summed E-state index contributed by atoms with van der Waals surface area (Å²) in [6, 6.07) is 6.32. The summed E-state index contributed by atoms with van der Waals surface area (Å²) in [5, 5.41) is 5.92. The maximum atomic E-state index is 13.6. The van der Waals surface area contributed by atoms with Crippen molar-refractivity contribution in [3.8, 4) is 23.7 Å². The van der Waals surface area contributed by atoms with Gasteiger partial charge >= 0.3 is 6.09 Å². The van der Waals surface area contributed by atoms with Gasteiger partial charge in [-0.25, -0.2) is 14.8 Å². The van der Waals surface area contributed by atoms with Crippen molar-refractivity contribution in [1.29, 1.82) is 0 Å². The molecule has 4 heterocycles. The summed E-state index contributed by atoms with van der Waals surface area (Å²) in [6.07, 6.45) is 6.08. The Kier molecular flexibility index (Phi) is 13.0. The first-order chi connectivity index (χ1) is 25.4. The number of carbonyl (C=O) groups is 3. The van der Waals surface area contributed by atoms with E-state index in [-0.39, 0.29) is 53.9 Å². The Hall–Kier alpha value is -5.11. The number of carbonyl (C=O) groups excluding carboxylic acids is 3. The van der Waals surface area contributed by atoms with Crippen LogP contribution >= 0.6 is 0 Å². The second-order valence-corrected chi connectivity index (χ2v) is 14.5. The molecule has 0 radical (unpaired) electrons. The van der Waals surface area contributed by atoms with Gasteiger partial charge in [-0.3, -0.25) is 14.9 Å². The first-order valence-corrected chi connectivity index (χ1v) is 18.4. The number of nitrogens with one attached hydrogen (secondary N) is 4. The highest BCUT2D eigenvalue weighted by molar-refractivity contribution is 5.86. The van der Waals surface area contributed by atoms with Crippen LogP contribution in [0, 0.1) is 35.5 Å². The number of ether oxygens (including phenoxy) is 2. The van der Waals surface area contributed by atoms with E-state index in [0.29, 0.717) is 23.9 Å². The molecule has 13 nitrogen and oxygen atoms in total. The predicted octanol–water partition coefficient (Wildman–Crippen LogP) is 4.64. The first kappa shape index (κ1) is 39.1. The lowest BCUT2D eigenvalue weighted by molar-refractivity contribution is -0.138. The fraction of sp³-hybridized carbons (Fsp3) is 0.525. The van der Waals surface area contributed by atoms with Crippen LogP contribution in [0.1, 0.15) is 113 Å². The first-order valence-electron chi connectivity index (χ1n) is 18.4. The minimum absolute atomic E-state index is 0.00581. The lowest BCUT2D eigenvalue weighted by Crippen LogP contribution is -2.52. The van der Waals surface area contributed by atoms with Crippen LogP contribution in [0.15, 0.2) is 36.7 Å². The van der Waals surface area contributed by atoms with Gasteiger partial charge < -0.3 is 34.6 Å². The molecule has 6 unspecified atom stereocenters. The van der Waals surface area contributed by atoms with E-state index in [2.05, 4.69) is 61.2 Å². The van der Waals surface area contributed by atoms with Crippen LogP contribution in [0.4, 0.5) is 4.79 Å². The van der Waals surface area contributed by atoms with Gasteiger partial charge in [0.15, 0.2) is 0 Å². The van der Waals surface area contributed by atoms with E-state index < -0.39 is 12.1 Å². The van der Waals surface area contributed by atoms with Gasteiger partial charge in [-0.05, 0) is 87.5 Å². The van der Waals surface area contributed by atoms with E-state index in [1.807, 2.05) is 68.7 Å². The van der Waals surface area contributed by atoms with Gasteiger partial charge in [0.25, 0.3) is 0 Å². The standard InChI is InChI=1S/C40H52N8O5/c1-24(2)34(43-23-52-7)38(49)47-26(5)9-19-32(47)36-41-21-30(44-36)17-15-28-11-13-29(14-12-28)16-18-31-22-42-37(45-31)33-20-10-27(6)48(33)39(50)35(25(3)4)46-40(51)53-8/h11-14,21-22,24-27,32-35,43H,9-10,19-20,23H2,1-8H3,(H,41,44)(H,42,45)(H,46,51). The van der Waals surface area contributed by atoms with Gasteiger partial charge in [0.05, 0.1) is 44.4 Å². The molecule has 0 aliphatic carbocycles. The molecule has 13 heteroatoms. The molecule has 0 bridgehead atoms. The number of aromatic nitrogens is 4. The SMILES string of the molecule is COCNC(C(=O)N1C(C)CCC1c1ncc(C#Cc2ccc(C#Cc3cnc(C4CCC(C)N4C(=O)C(NC(=O)OC)C(C)C)[nH]3)cc2)[nH]1)C(C)C. The van der Waals surface area contributed by atoms with Crippen molar-refractivity contribution < 1.29 is 23.9 Å². The molecule has 2 aliphatic rings. The van der Waals surface area contributed by atoms with Gasteiger partial charge in [-0.1, -0.05) is 39.5 Å². The zero-order chi connectivity index (χ0) is 38.2. The number of aromatic amines is 2. The molecule has 53 heavy (non-hydrogen) atoms. The van der Waals surface area contributed by atoms with Crippen LogP contribution < -0.4 is 10.6 Å². The monoisotopic (exact) mass is 724 g/mol. The number of amides is 3. The highest BCUT2D eigenvalue weighted by atomic mass is 16.5. The highest BCUT2D eigenvalue weighted by Gasteiger charge is 2.42. The average Bonchev–Trinajstić information content (AvgIpc) is 3.95. The summed E-state index contributed by atoms with van der Waals surface area (Å²) in [7, 11) is 2.89. The normalized spacial score (nSPS) is 20.8. The van der Waals surface area contributed by atoms with E-state index >= 15 is 0 Å². The zero-order valence-corrected chi connectivity index (χ0v) is 31.9. The molecule has 3 aromatic rings. The number of methoxy groups -OCH3 is 2. The van der Waals surface area contributed by atoms with Gasteiger partial charge in [-0.2, -0.15) is 0 Å². The summed E-state index contributed by atoms with van der Waals surface area (Å²) in [5.41, 5.74) is 2.96. The number of hydrogen-bond donors (Lipinski definition) is 4. The number of benzene rings is 1. The van der Waals surface area contributed by atoms with Crippen molar-refractivity contribution in [2.75, 3.05) is 21.0 Å². The lowest BCUT2D eigenvalue weighted by Gasteiger charge is -2.33. The molecule has 282 valence electrons. The molecule has 5 rings (SSSR count). The van der Waals surface area contributed by atoms with E-state index in [0.717, 1.165) is 42.6 Å². The third-order valence-corrected chi connectivity index (χ3v) is 10.0. The van der Waals surface area contributed by atoms with Crippen LogP contribution in [0.3, 0.4) is 0 Å². The predicted molar refractivity (Wildman–Crippen MR) is 200 cm³/mol. The minimum Gasteiger partial charge on any atom is -0.453 e. The van der Waals surface area contributed by atoms with Crippen molar-refractivity contribution in [3.63, 3.8) is 0 Å². The molecule has 1 aromatic carbocycles. The highest BCUT2D eigenvalue weighted by Crippen LogP contribution is 2.37. The maximum absolute atomic E-state index is 13.6. The van der Waals surface area contributed by atoms with E-state index in [1.54, 1.807) is 19.5 Å². The van der Waals surface area contributed by atoms with Gasteiger partial charge in [0.2, 0.25) is 11.8 Å². The van der Waals surface area contributed by atoms with E-state index in [1.165, 1.54) is 7.11 Å². The Morgan fingerprint density at radius 3 is 1.62 bits per heavy atom. The number of nitrogens with zero attached hydrogens (tertiary/aromatic N) is 4. The summed E-state index contributed by atoms with van der Waals surface area (Å²) >= 11 is 0. The van der Waals surface area contributed by atoms with Crippen LogP contribution in [-0.4, -0.2) is 92.8 Å². The van der Waals surface area contributed by atoms with E-state index in [4.69, 9.17) is 9.47 Å². The molecule has 4 N–H and O–H groups in total. The van der Waals surface area contributed by atoms with Gasteiger partial charge in [-0.15, -0.1) is 0 Å². The van der Waals surface area contributed by atoms with Crippen LogP contribution in [0.2, 0.25) is 0 Å². The third kappa shape index (κ3) is 9.28. The Morgan fingerprint density at radius 1 is 0.755 bits per heavy atom. The van der Waals surface area contributed by atoms with Crippen LogP contribution in [-0.2, 0) is 19.1 Å². The smallest absolute Gasteiger partial charge is 0.407 e. The zero-order valence-electron chi connectivity index (χ0n) is 31.9. The second-order valence-electron chi connectivity index (χ2n) is 14.5. The van der Waals surface area contributed by atoms with Gasteiger partial charge in [0, 0.05) is 30.3 Å². The molecule has 0 saturated carbocycles. The number of alkyl carbamates (subject to hydrolysis) is 1. The van der Waals surface area contributed by atoms with Crippen molar-refractivity contribution in [3.05, 3.63) is 70.8 Å². The average molecular weight is 725 g/mol. The molecule has 2 aliphatic heterocycles. The molecule has 2 aromatic heterocycles. The van der Waals surface area contributed by atoms with Crippen molar-refractivity contribution >= 4 is 17.9 Å². The summed E-state index contributed by atoms with van der Waals surface area (Å²) in [6.45, 7) is 12.3. The van der Waals surface area contributed by atoms with Crippen molar-refractivity contribution in [2.24, 2.45) is 11.8 Å². The summed E-state index contributed by atoms with van der Waals surface area (Å²) < 4.78 is 9.93. The maximum Gasteiger partial charge on any atom is 0.407 e. The molecular formula is C40H52N8O5. The lowest BCUT2D eigenvalue weighted by atomic mass is 10.0.